The molecule has 0 aromatic carbocycles. The quantitative estimate of drug-likeness (QED) is 0.207. The van der Waals surface area contributed by atoms with Gasteiger partial charge in [-0.1, -0.05) is 47.8 Å². The lowest BCUT2D eigenvalue weighted by atomic mass is 9.60. The van der Waals surface area contributed by atoms with Crippen molar-refractivity contribution in [3.63, 3.8) is 0 Å². The number of hydrogen-bond donors (Lipinski definition) is 1. The Bertz CT molecular complexity index is 793. The van der Waals surface area contributed by atoms with Gasteiger partial charge in [0.05, 0.1) is 0 Å². The van der Waals surface area contributed by atoms with Crippen LogP contribution < -0.4 is 5.32 Å². The molecule has 9 heteroatoms. The van der Waals surface area contributed by atoms with Crippen molar-refractivity contribution in [2.75, 3.05) is 19.8 Å². The summed E-state index contributed by atoms with van der Waals surface area (Å²) in [4.78, 5) is 47.6. The molecular formula is C27H43NO8. The van der Waals surface area contributed by atoms with E-state index in [1.807, 2.05) is 13.8 Å². The number of hydrogen-bond acceptors (Lipinski definition) is 8. The van der Waals surface area contributed by atoms with Crippen LogP contribution >= 0.6 is 0 Å². The van der Waals surface area contributed by atoms with Gasteiger partial charge in [0.25, 0.3) is 0 Å². The second-order valence-electron chi connectivity index (χ2n) is 10.6. The molecule has 0 heterocycles. The Hall–Kier alpha value is -2.84. The molecule has 1 rings (SSSR count). The van der Waals surface area contributed by atoms with Crippen LogP contribution in [0.15, 0.2) is 25.3 Å². The number of alkyl carbamates (subject to hydrolysis) is 1. The fraction of sp³-hybridized carbons (Fsp3) is 0.704. The standard InChI is InChI=1S/C27H43NO8/c1-8-20(15-33-22(29)10-3)35-24(31)12-19-13-26(5,6)17-27(7,14-19)18-28-25(32)36-21(9-2)16-34-23(30)11-4/h10-11,19-21H,3-4,8-9,12-18H2,1-2,5-7H3,(H,28,32). The van der Waals surface area contributed by atoms with E-state index >= 15 is 0 Å². The van der Waals surface area contributed by atoms with Gasteiger partial charge in [0.2, 0.25) is 0 Å². The third-order valence-corrected chi connectivity index (χ3v) is 6.28. The van der Waals surface area contributed by atoms with Crippen LogP contribution in [-0.4, -0.2) is 56.0 Å². The number of carbonyl (C=O) groups excluding carboxylic acids is 4. The highest BCUT2D eigenvalue weighted by atomic mass is 16.6. The lowest BCUT2D eigenvalue weighted by Gasteiger charge is -2.46. The van der Waals surface area contributed by atoms with Crippen molar-refractivity contribution < 1.29 is 38.1 Å². The number of esters is 3. The molecule has 1 N–H and O–H groups in total. The number of carbonyl (C=O) groups is 4. The Balaban J connectivity index is 2.65. The zero-order chi connectivity index (χ0) is 27.4. The zero-order valence-electron chi connectivity index (χ0n) is 22.4. The summed E-state index contributed by atoms with van der Waals surface area (Å²) in [5.74, 6) is -1.36. The van der Waals surface area contributed by atoms with Gasteiger partial charge in [-0.25, -0.2) is 14.4 Å². The third-order valence-electron chi connectivity index (χ3n) is 6.28. The normalized spacial score (nSPS) is 22.3. The summed E-state index contributed by atoms with van der Waals surface area (Å²) in [6, 6.07) is 0. The first-order valence-electron chi connectivity index (χ1n) is 12.6. The van der Waals surface area contributed by atoms with E-state index in [2.05, 4.69) is 39.2 Å². The molecule has 1 aliphatic rings. The second kappa shape index (κ2) is 14.7. The predicted octanol–water partition coefficient (Wildman–Crippen LogP) is 4.49. The molecule has 204 valence electrons. The first-order valence-corrected chi connectivity index (χ1v) is 12.6. The lowest BCUT2D eigenvalue weighted by Crippen LogP contribution is -2.45. The lowest BCUT2D eigenvalue weighted by molar-refractivity contribution is -0.158. The molecule has 4 unspecified atom stereocenters. The number of amides is 1. The van der Waals surface area contributed by atoms with Crippen molar-refractivity contribution in [3.05, 3.63) is 25.3 Å². The Morgan fingerprint density at radius 1 is 0.917 bits per heavy atom. The molecule has 9 nitrogen and oxygen atoms in total. The smallest absolute Gasteiger partial charge is 0.407 e. The molecule has 0 bridgehead atoms. The maximum Gasteiger partial charge on any atom is 0.407 e. The molecule has 0 radical (unpaired) electrons. The van der Waals surface area contributed by atoms with Crippen LogP contribution in [0.3, 0.4) is 0 Å². The monoisotopic (exact) mass is 509 g/mol. The fourth-order valence-corrected chi connectivity index (χ4v) is 5.02. The molecule has 1 fully saturated rings. The van der Waals surface area contributed by atoms with Crippen molar-refractivity contribution in [2.45, 2.75) is 85.4 Å². The van der Waals surface area contributed by atoms with Crippen LogP contribution in [0.1, 0.15) is 73.1 Å². The van der Waals surface area contributed by atoms with E-state index in [1.54, 1.807) is 0 Å². The van der Waals surface area contributed by atoms with E-state index < -0.39 is 30.2 Å². The number of ether oxygens (including phenoxy) is 4. The molecule has 1 saturated carbocycles. The van der Waals surface area contributed by atoms with Gasteiger partial charge in [0.1, 0.15) is 25.4 Å². The highest BCUT2D eigenvalue weighted by Crippen LogP contribution is 2.49. The molecular weight excluding hydrogens is 466 g/mol. The van der Waals surface area contributed by atoms with Crippen LogP contribution in [0.2, 0.25) is 0 Å². The highest BCUT2D eigenvalue weighted by molar-refractivity contribution is 5.81. The van der Waals surface area contributed by atoms with E-state index in [9.17, 15) is 19.2 Å². The second-order valence-corrected chi connectivity index (χ2v) is 10.6. The van der Waals surface area contributed by atoms with E-state index in [0.717, 1.165) is 31.4 Å². The average Bonchev–Trinajstić information content (AvgIpc) is 2.81. The van der Waals surface area contributed by atoms with Crippen LogP contribution in [-0.2, 0) is 33.3 Å². The topological polar surface area (TPSA) is 117 Å². The molecule has 0 saturated heterocycles. The Morgan fingerprint density at radius 3 is 1.94 bits per heavy atom. The molecule has 0 aliphatic heterocycles. The van der Waals surface area contributed by atoms with Crippen LogP contribution in [0, 0.1) is 16.7 Å². The summed E-state index contributed by atoms with van der Waals surface area (Å²) >= 11 is 0. The van der Waals surface area contributed by atoms with Gasteiger partial charge in [0, 0.05) is 25.1 Å². The highest BCUT2D eigenvalue weighted by Gasteiger charge is 2.42. The summed E-state index contributed by atoms with van der Waals surface area (Å²) in [6.07, 6.45) is 4.25. The summed E-state index contributed by atoms with van der Waals surface area (Å²) in [6.45, 7) is 17.2. The van der Waals surface area contributed by atoms with E-state index in [-0.39, 0.29) is 42.4 Å². The van der Waals surface area contributed by atoms with Crippen LogP contribution in [0.4, 0.5) is 4.79 Å². The molecule has 0 aromatic heterocycles. The van der Waals surface area contributed by atoms with E-state index in [1.165, 1.54) is 0 Å². The van der Waals surface area contributed by atoms with Crippen molar-refractivity contribution in [2.24, 2.45) is 16.7 Å². The number of rotatable bonds is 14. The van der Waals surface area contributed by atoms with Crippen LogP contribution in [0.5, 0.6) is 0 Å². The zero-order valence-corrected chi connectivity index (χ0v) is 22.4. The molecule has 1 amide bonds. The minimum Gasteiger partial charge on any atom is -0.459 e. The minimum atomic E-state index is -0.572. The van der Waals surface area contributed by atoms with Crippen molar-refractivity contribution >= 4 is 24.0 Å². The first-order chi connectivity index (χ1) is 16.8. The van der Waals surface area contributed by atoms with Crippen molar-refractivity contribution in [3.8, 4) is 0 Å². The van der Waals surface area contributed by atoms with Crippen molar-refractivity contribution in [1.29, 1.82) is 0 Å². The fourth-order valence-electron chi connectivity index (χ4n) is 5.02. The molecule has 36 heavy (non-hydrogen) atoms. The Labute approximate surface area is 214 Å². The Kier molecular flexibility index (Phi) is 12.7. The SMILES string of the molecule is C=CC(=O)OCC(CC)OC(=O)CC1CC(C)(C)CC(C)(CNC(=O)OC(CC)COC(=O)C=C)C1. The molecule has 1 aliphatic carbocycles. The van der Waals surface area contributed by atoms with Gasteiger partial charge in [-0.3, -0.25) is 4.79 Å². The third kappa shape index (κ3) is 11.7. The molecule has 0 aromatic rings. The maximum absolute atomic E-state index is 12.7. The van der Waals surface area contributed by atoms with Gasteiger partial charge < -0.3 is 24.3 Å². The Morgan fingerprint density at radius 2 is 1.44 bits per heavy atom. The first kappa shape index (κ1) is 31.2. The predicted molar refractivity (Wildman–Crippen MR) is 135 cm³/mol. The van der Waals surface area contributed by atoms with E-state index in [4.69, 9.17) is 18.9 Å². The minimum absolute atomic E-state index is 0.00144. The number of nitrogens with one attached hydrogen (secondary N) is 1. The summed E-state index contributed by atoms with van der Waals surface area (Å²) in [5.41, 5.74) is -0.273. The summed E-state index contributed by atoms with van der Waals surface area (Å²) in [5, 5.41) is 2.85. The molecule has 4 atom stereocenters. The van der Waals surface area contributed by atoms with Gasteiger partial charge in [0.15, 0.2) is 0 Å². The summed E-state index contributed by atoms with van der Waals surface area (Å²) in [7, 11) is 0. The largest absolute Gasteiger partial charge is 0.459 e. The summed E-state index contributed by atoms with van der Waals surface area (Å²) < 4.78 is 20.9. The maximum atomic E-state index is 12.7. The van der Waals surface area contributed by atoms with Crippen LogP contribution in [0.25, 0.3) is 0 Å². The van der Waals surface area contributed by atoms with Gasteiger partial charge in [-0.15, -0.1) is 0 Å². The molecule has 0 spiro atoms. The van der Waals surface area contributed by atoms with Gasteiger partial charge in [-0.2, -0.15) is 0 Å². The van der Waals surface area contributed by atoms with Gasteiger partial charge in [-0.05, 0) is 48.9 Å². The van der Waals surface area contributed by atoms with Gasteiger partial charge >= 0.3 is 24.0 Å². The van der Waals surface area contributed by atoms with Crippen molar-refractivity contribution in [1.82, 2.24) is 5.32 Å². The van der Waals surface area contributed by atoms with E-state index in [0.29, 0.717) is 19.4 Å². The average molecular weight is 510 g/mol.